The highest BCUT2D eigenvalue weighted by molar-refractivity contribution is 6.18. The summed E-state index contributed by atoms with van der Waals surface area (Å²) in [6.07, 6.45) is 0.980. The van der Waals surface area contributed by atoms with Crippen molar-refractivity contribution in [3.63, 3.8) is 0 Å². The van der Waals surface area contributed by atoms with Crippen LogP contribution in [0.4, 0.5) is 0 Å². The molecule has 3 nitrogen and oxygen atoms in total. The highest BCUT2D eigenvalue weighted by atomic mass is 28.3. The fraction of sp³-hybridized carbons (Fsp3) is 0.500. The van der Waals surface area contributed by atoms with Gasteiger partial charge in [0.1, 0.15) is 5.75 Å². The molecule has 1 N–H and O–H groups in total. The van der Waals surface area contributed by atoms with Crippen LogP contribution in [0, 0.1) is 0 Å². The summed E-state index contributed by atoms with van der Waals surface area (Å²) in [4.78, 5) is 0. The second-order valence-electron chi connectivity index (χ2n) is 4.06. The third kappa shape index (κ3) is 3.63. The molecule has 0 heterocycles. The van der Waals surface area contributed by atoms with E-state index in [2.05, 4.69) is 6.92 Å². The van der Waals surface area contributed by atoms with Gasteiger partial charge in [0.2, 0.25) is 0 Å². The van der Waals surface area contributed by atoms with Gasteiger partial charge in [-0.2, -0.15) is 0 Å². The minimum absolute atomic E-state index is 0.00122. The van der Waals surface area contributed by atoms with Gasteiger partial charge in [-0.1, -0.05) is 25.1 Å². The summed E-state index contributed by atoms with van der Waals surface area (Å²) in [5.74, 6) is 0.257. The summed E-state index contributed by atoms with van der Waals surface area (Å²) in [6.45, 7) is 6.60. The first-order valence-corrected chi connectivity index (χ1v) is 6.23. The van der Waals surface area contributed by atoms with Crippen molar-refractivity contribution in [1.29, 1.82) is 0 Å². The zero-order chi connectivity index (χ0) is 12.0. The first kappa shape index (κ1) is 13.2. The van der Waals surface area contributed by atoms with Crippen LogP contribution < -0.4 is 0 Å². The molecule has 0 aromatic heterocycles. The average molecular weight is 238 g/mol. The lowest BCUT2D eigenvalue weighted by atomic mass is 9.98. The van der Waals surface area contributed by atoms with Crippen molar-refractivity contribution in [3.05, 3.63) is 29.8 Å². The van der Waals surface area contributed by atoms with Crippen molar-refractivity contribution >= 4 is 10.0 Å². The van der Waals surface area contributed by atoms with E-state index in [4.69, 9.17) is 8.85 Å². The van der Waals surface area contributed by atoms with Gasteiger partial charge in [-0.25, -0.2) is 0 Å². The van der Waals surface area contributed by atoms with E-state index in [1.165, 1.54) is 0 Å². The van der Waals surface area contributed by atoms with Crippen molar-refractivity contribution in [2.45, 2.75) is 32.8 Å². The van der Waals surface area contributed by atoms with Crippen LogP contribution in [0.5, 0.6) is 5.75 Å². The molecule has 0 unspecified atom stereocenters. The number of hydrogen-bond donors (Lipinski definition) is 1. The Balaban J connectivity index is 2.59. The van der Waals surface area contributed by atoms with Crippen LogP contribution in [0.1, 0.15) is 32.8 Å². The van der Waals surface area contributed by atoms with E-state index < -0.39 is 5.60 Å². The summed E-state index contributed by atoms with van der Waals surface area (Å²) >= 11 is 0. The summed E-state index contributed by atoms with van der Waals surface area (Å²) < 4.78 is 10.9. The summed E-state index contributed by atoms with van der Waals surface area (Å²) in [5, 5.41) is 9.73. The molecule has 0 aliphatic rings. The van der Waals surface area contributed by atoms with Crippen molar-refractivity contribution in [1.82, 2.24) is 0 Å². The Labute approximate surface area is 99.5 Å². The molecule has 2 radical (unpaired) electrons. The maximum absolute atomic E-state index is 9.73. The monoisotopic (exact) mass is 238 g/mol. The fourth-order valence-corrected chi connectivity index (χ4v) is 1.98. The molecule has 0 bridgehead atoms. The van der Waals surface area contributed by atoms with Gasteiger partial charge in [0.15, 0.2) is 0 Å². The lowest BCUT2D eigenvalue weighted by molar-refractivity contribution is 0.0772. The first-order valence-electron chi connectivity index (χ1n) is 5.41. The normalized spacial score (nSPS) is 11.7. The Kier molecular flexibility index (Phi) is 4.98. The summed E-state index contributed by atoms with van der Waals surface area (Å²) in [6, 6.07) is 7.21. The molecule has 0 atom stereocenters. The van der Waals surface area contributed by atoms with Gasteiger partial charge in [-0.15, -0.1) is 0 Å². The highest BCUT2D eigenvalue weighted by Gasteiger charge is 2.24. The molecule has 4 heteroatoms. The maximum atomic E-state index is 9.73. The van der Waals surface area contributed by atoms with Crippen LogP contribution in [0.2, 0.25) is 0 Å². The topological polar surface area (TPSA) is 38.7 Å². The summed E-state index contributed by atoms with van der Waals surface area (Å²) in [5.41, 5.74) is 0.250. The highest BCUT2D eigenvalue weighted by Crippen LogP contribution is 2.31. The molecule has 0 aliphatic heterocycles. The molecular formula is C12H18O3Si. The van der Waals surface area contributed by atoms with E-state index in [-0.39, 0.29) is 15.8 Å². The van der Waals surface area contributed by atoms with Gasteiger partial charge in [0.05, 0.1) is 5.60 Å². The number of para-hydroxylation sites is 1. The van der Waals surface area contributed by atoms with E-state index in [0.717, 1.165) is 12.0 Å². The minimum atomic E-state index is -0.530. The molecule has 0 spiro atoms. The molecule has 0 saturated heterocycles. The van der Waals surface area contributed by atoms with Gasteiger partial charge < -0.3 is 14.0 Å². The van der Waals surface area contributed by atoms with Gasteiger partial charge in [0.25, 0.3) is 0 Å². The predicted molar refractivity (Wildman–Crippen MR) is 64.2 cm³/mol. The molecule has 0 amide bonds. The number of aromatic hydroxyl groups is 1. The quantitative estimate of drug-likeness (QED) is 0.611. The van der Waals surface area contributed by atoms with E-state index in [0.29, 0.717) is 6.61 Å². The van der Waals surface area contributed by atoms with Crippen LogP contribution in [-0.2, 0) is 14.5 Å². The second-order valence-corrected chi connectivity index (χ2v) is 4.72. The molecule has 16 heavy (non-hydrogen) atoms. The molecule has 1 rings (SSSR count). The Morgan fingerprint density at radius 3 is 2.62 bits per heavy atom. The zero-order valence-corrected chi connectivity index (χ0v) is 11.0. The molecule has 1 aromatic rings. The second kappa shape index (κ2) is 6.03. The third-order valence-corrected chi connectivity index (χ3v) is 3.13. The molecular weight excluding hydrogens is 220 g/mol. The maximum Gasteiger partial charge on any atom is 0.434 e. The number of benzene rings is 1. The molecule has 1 aromatic carbocycles. The molecule has 0 fully saturated rings. The zero-order valence-electron chi connectivity index (χ0n) is 9.99. The number of phenols is 1. The Bertz CT molecular complexity index is 326. The van der Waals surface area contributed by atoms with Gasteiger partial charge in [-0.05, 0) is 26.3 Å². The van der Waals surface area contributed by atoms with Crippen molar-refractivity contribution in [2.75, 3.05) is 6.61 Å². The van der Waals surface area contributed by atoms with Crippen molar-refractivity contribution < 1.29 is 14.0 Å². The SMILES string of the molecule is CCCO[Si]OC(C)(C)c1ccccc1O. The molecule has 0 aliphatic carbocycles. The van der Waals surface area contributed by atoms with E-state index in [1.807, 2.05) is 26.0 Å². The lowest BCUT2D eigenvalue weighted by Gasteiger charge is -2.26. The van der Waals surface area contributed by atoms with Gasteiger partial charge in [0, 0.05) is 12.2 Å². The van der Waals surface area contributed by atoms with E-state index in [1.54, 1.807) is 12.1 Å². The fourth-order valence-electron chi connectivity index (χ4n) is 1.32. The smallest absolute Gasteiger partial charge is 0.434 e. The van der Waals surface area contributed by atoms with Crippen molar-refractivity contribution in [2.24, 2.45) is 0 Å². The largest absolute Gasteiger partial charge is 0.508 e. The Hall–Kier alpha value is -0.843. The van der Waals surface area contributed by atoms with Crippen LogP contribution in [-0.4, -0.2) is 21.7 Å². The van der Waals surface area contributed by atoms with Gasteiger partial charge in [-0.3, -0.25) is 0 Å². The molecule has 88 valence electrons. The van der Waals surface area contributed by atoms with Gasteiger partial charge >= 0.3 is 10.0 Å². The number of rotatable bonds is 6. The predicted octanol–water partition coefficient (Wildman–Crippen LogP) is 2.60. The summed E-state index contributed by atoms with van der Waals surface area (Å²) in [7, 11) is 0.00122. The third-order valence-electron chi connectivity index (χ3n) is 2.21. The van der Waals surface area contributed by atoms with E-state index in [9.17, 15) is 5.11 Å². The van der Waals surface area contributed by atoms with Crippen LogP contribution in [0.3, 0.4) is 0 Å². The van der Waals surface area contributed by atoms with E-state index >= 15 is 0 Å². The lowest BCUT2D eigenvalue weighted by Crippen LogP contribution is -2.25. The standard InChI is InChI=1S/C12H18O3Si/c1-4-9-14-16-15-12(2,3)10-7-5-6-8-11(10)13/h5-8,13H,4,9H2,1-3H3. The van der Waals surface area contributed by atoms with Crippen molar-refractivity contribution in [3.8, 4) is 5.75 Å². The Morgan fingerprint density at radius 1 is 1.31 bits per heavy atom. The number of hydrogen-bond acceptors (Lipinski definition) is 3. The Morgan fingerprint density at radius 2 is 2.00 bits per heavy atom. The molecule has 0 saturated carbocycles. The first-order chi connectivity index (χ1) is 7.58. The number of phenolic OH excluding ortho intramolecular Hbond substituents is 1. The minimum Gasteiger partial charge on any atom is -0.508 e. The average Bonchev–Trinajstić information content (AvgIpc) is 2.25. The van der Waals surface area contributed by atoms with Crippen LogP contribution >= 0.6 is 0 Å². The van der Waals surface area contributed by atoms with Crippen LogP contribution in [0.25, 0.3) is 0 Å². The van der Waals surface area contributed by atoms with Crippen LogP contribution in [0.15, 0.2) is 24.3 Å².